The number of urea groups is 1. The molecule has 9 nitrogen and oxygen atoms in total. The Kier molecular flexibility index (Phi) is 6.36. The first-order valence-corrected chi connectivity index (χ1v) is 10.7. The summed E-state index contributed by atoms with van der Waals surface area (Å²) in [7, 11) is -3.81. The minimum Gasteiger partial charge on any atom is -0.452 e. The van der Waals surface area contributed by atoms with Crippen molar-refractivity contribution in [3.05, 3.63) is 60.2 Å². The summed E-state index contributed by atoms with van der Waals surface area (Å²) in [5.41, 5.74) is 0.628. The molecule has 0 unspecified atom stereocenters. The van der Waals surface area contributed by atoms with Gasteiger partial charge in [0.2, 0.25) is 0 Å². The highest BCUT2D eigenvalue weighted by Gasteiger charge is 2.27. The summed E-state index contributed by atoms with van der Waals surface area (Å²) in [4.78, 5) is 36.5. The van der Waals surface area contributed by atoms with E-state index in [9.17, 15) is 22.8 Å². The lowest BCUT2D eigenvalue weighted by molar-refractivity contribution is -0.130. The second-order valence-corrected chi connectivity index (χ2v) is 8.25. The van der Waals surface area contributed by atoms with Crippen LogP contribution in [0.25, 0.3) is 0 Å². The molecule has 1 fully saturated rings. The van der Waals surface area contributed by atoms with Crippen molar-refractivity contribution in [2.24, 2.45) is 0 Å². The first kappa shape index (κ1) is 21.3. The van der Waals surface area contributed by atoms with Crippen LogP contribution in [-0.4, -0.2) is 57.5 Å². The fourth-order valence-electron chi connectivity index (χ4n) is 2.97. The topological polar surface area (TPSA) is 113 Å². The number of nitrogens with zero attached hydrogens (tertiary/aromatic N) is 2. The summed E-state index contributed by atoms with van der Waals surface area (Å²) in [6.45, 7) is 1.96. The van der Waals surface area contributed by atoms with Gasteiger partial charge in [-0.1, -0.05) is 18.2 Å². The van der Waals surface area contributed by atoms with Gasteiger partial charge in [-0.2, -0.15) is 0 Å². The monoisotopic (exact) mass is 431 g/mol. The van der Waals surface area contributed by atoms with Crippen molar-refractivity contribution in [3.63, 3.8) is 0 Å². The number of carbonyl (C=O) groups excluding carboxylic acids is 3. The number of anilines is 1. The average Bonchev–Trinajstić information content (AvgIpc) is 3.19. The van der Waals surface area contributed by atoms with Crippen LogP contribution in [0.1, 0.15) is 17.3 Å². The zero-order valence-electron chi connectivity index (χ0n) is 16.3. The molecular formula is C20H21N3O6S. The summed E-state index contributed by atoms with van der Waals surface area (Å²) in [6, 6.07) is 13.4. The molecule has 3 rings (SSSR count). The molecule has 158 valence electrons. The molecule has 1 aliphatic heterocycles. The summed E-state index contributed by atoms with van der Waals surface area (Å²) in [5, 5.41) is 2.48. The number of sulfonamides is 1. The molecule has 30 heavy (non-hydrogen) atoms. The van der Waals surface area contributed by atoms with Crippen molar-refractivity contribution in [3.8, 4) is 0 Å². The first-order chi connectivity index (χ1) is 14.3. The fourth-order valence-corrected chi connectivity index (χ4v) is 4.45. The van der Waals surface area contributed by atoms with Crippen LogP contribution in [0.3, 0.4) is 0 Å². The van der Waals surface area contributed by atoms with Gasteiger partial charge in [0.25, 0.3) is 15.9 Å². The molecule has 1 aliphatic rings. The number of rotatable bonds is 7. The van der Waals surface area contributed by atoms with E-state index in [-0.39, 0.29) is 23.5 Å². The standard InChI is InChI=1S/C20H21N3O6S/c1-2-23(16-6-4-3-5-7-16)30(27,28)17-10-8-15(9-11-17)19(25)29-14-18(24)22-13-12-21-20(22)26/h3-11H,2,12-14H2,1H3,(H,21,26). The lowest BCUT2D eigenvalue weighted by Crippen LogP contribution is -2.37. The van der Waals surface area contributed by atoms with Crippen LogP contribution in [0.5, 0.6) is 0 Å². The van der Waals surface area contributed by atoms with Gasteiger partial charge in [0, 0.05) is 19.6 Å². The van der Waals surface area contributed by atoms with Gasteiger partial charge in [-0.05, 0) is 43.3 Å². The van der Waals surface area contributed by atoms with Gasteiger partial charge < -0.3 is 10.1 Å². The third-order valence-corrected chi connectivity index (χ3v) is 6.41. The Morgan fingerprint density at radius 3 is 2.33 bits per heavy atom. The Balaban J connectivity index is 1.68. The smallest absolute Gasteiger partial charge is 0.338 e. The number of imide groups is 1. The number of nitrogens with one attached hydrogen (secondary N) is 1. The van der Waals surface area contributed by atoms with Crippen molar-refractivity contribution in [1.82, 2.24) is 10.2 Å². The molecule has 0 aromatic heterocycles. The van der Waals surface area contributed by atoms with Crippen molar-refractivity contribution in [1.29, 1.82) is 0 Å². The third kappa shape index (κ3) is 4.43. The van der Waals surface area contributed by atoms with E-state index in [1.54, 1.807) is 37.3 Å². The van der Waals surface area contributed by atoms with Crippen molar-refractivity contribution in [2.45, 2.75) is 11.8 Å². The van der Waals surface area contributed by atoms with Gasteiger partial charge >= 0.3 is 12.0 Å². The van der Waals surface area contributed by atoms with E-state index in [0.29, 0.717) is 12.2 Å². The van der Waals surface area contributed by atoms with E-state index >= 15 is 0 Å². The zero-order chi connectivity index (χ0) is 21.7. The summed E-state index contributed by atoms with van der Waals surface area (Å²) < 4.78 is 32.1. The Bertz CT molecular complexity index is 1040. The molecule has 0 radical (unpaired) electrons. The second kappa shape index (κ2) is 8.95. The predicted octanol–water partition coefficient (Wildman–Crippen LogP) is 1.61. The summed E-state index contributed by atoms with van der Waals surface area (Å²) in [6.07, 6.45) is 0. The molecule has 0 aliphatic carbocycles. The normalized spacial score (nSPS) is 13.6. The summed E-state index contributed by atoms with van der Waals surface area (Å²) >= 11 is 0. The van der Waals surface area contributed by atoms with Crippen LogP contribution >= 0.6 is 0 Å². The Morgan fingerprint density at radius 1 is 1.10 bits per heavy atom. The Morgan fingerprint density at radius 2 is 1.77 bits per heavy atom. The van der Waals surface area contributed by atoms with Gasteiger partial charge in [-0.3, -0.25) is 14.0 Å². The van der Waals surface area contributed by atoms with Gasteiger partial charge in [-0.25, -0.2) is 18.0 Å². The van der Waals surface area contributed by atoms with E-state index in [2.05, 4.69) is 5.32 Å². The number of hydrogen-bond acceptors (Lipinski definition) is 6. The zero-order valence-corrected chi connectivity index (χ0v) is 17.1. The lowest BCUT2D eigenvalue weighted by Gasteiger charge is -2.22. The average molecular weight is 431 g/mol. The predicted molar refractivity (Wildman–Crippen MR) is 108 cm³/mol. The SMILES string of the molecule is CCN(c1ccccc1)S(=O)(=O)c1ccc(C(=O)OCC(=O)N2CCNC2=O)cc1. The van der Waals surface area contributed by atoms with Crippen LogP contribution in [0.15, 0.2) is 59.5 Å². The molecule has 2 aromatic rings. The minimum absolute atomic E-state index is 0.0227. The van der Waals surface area contributed by atoms with Crippen LogP contribution < -0.4 is 9.62 Å². The number of para-hydroxylation sites is 1. The quantitative estimate of drug-likeness (QED) is 0.667. The van der Waals surface area contributed by atoms with Gasteiger partial charge in [-0.15, -0.1) is 0 Å². The highest BCUT2D eigenvalue weighted by Crippen LogP contribution is 2.23. The molecule has 10 heteroatoms. The molecule has 0 atom stereocenters. The number of hydrogen-bond donors (Lipinski definition) is 1. The number of amides is 3. The molecule has 0 spiro atoms. The van der Waals surface area contributed by atoms with Crippen LogP contribution in [-0.2, 0) is 19.6 Å². The third-order valence-electron chi connectivity index (χ3n) is 4.49. The van der Waals surface area contributed by atoms with Crippen LogP contribution in [0, 0.1) is 0 Å². The molecule has 3 amide bonds. The minimum atomic E-state index is -3.81. The van der Waals surface area contributed by atoms with E-state index in [0.717, 1.165) is 4.90 Å². The van der Waals surface area contributed by atoms with Gasteiger partial charge in [0.05, 0.1) is 16.1 Å². The second-order valence-electron chi connectivity index (χ2n) is 6.38. The van der Waals surface area contributed by atoms with E-state index in [4.69, 9.17) is 4.74 Å². The number of carbonyl (C=O) groups is 3. The summed E-state index contributed by atoms with van der Waals surface area (Å²) in [5.74, 6) is -1.42. The van der Waals surface area contributed by atoms with Gasteiger partial charge in [0.1, 0.15) is 0 Å². The molecule has 1 N–H and O–H groups in total. The molecule has 0 bridgehead atoms. The van der Waals surface area contributed by atoms with Crippen molar-refractivity contribution >= 4 is 33.6 Å². The highest BCUT2D eigenvalue weighted by atomic mass is 32.2. The Hall–Kier alpha value is -3.40. The largest absolute Gasteiger partial charge is 0.452 e. The molecule has 1 saturated heterocycles. The van der Waals surface area contributed by atoms with Crippen molar-refractivity contribution in [2.75, 3.05) is 30.5 Å². The van der Waals surface area contributed by atoms with E-state index < -0.39 is 34.5 Å². The van der Waals surface area contributed by atoms with Crippen molar-refractivity contribution < 1.29 is 27.5 Å². The number of benzene rings is 2. The molecule has 1 heterocycles. The maximum Gasteiger partial charge on any atom is 0.338 e. The Labute approximate surface area is 174 Å². The first-order valence-electron chi connectivity index (χ1n) is 9.27. The maximum atomic E-state index is 13.0. The van der Waals surface area contributed by atoms with Gasteiger partial charge in [0.15, 0.2) is 6.61 Å². The molecular weight excluding hydrogens is 410 g/mol. The van der Waals surface area contributed by atoms with E-state index in [1.165, 1.54) is 28.6 Å². The lowest BCUT2D eigenvalue weighted by atomic mass is 10.2. The fraction of sp³-hybridized carbons (Fsp3) is 0.250. The van der Waals surface area contributed by atoms with Crippen LogP contribution in [0.4, 0.5) is 10.5 Å². The number of ether oxygens (including phenoxy) is 1. The maximum absolute atomic E-state index is 13.0. The number of esters is 1. The van der Waals surface area contributed by atoms with Crippen LogP contribution in [0.2, 0.25) is 0 Å². The highest BCUT2D eigenvalue weighted by molar-refractivity contribution is 7.92. The molecule has 2 aromatic carbocycles. The van der Waals surface area contributed by atoms with E-state index in [1.807, 2.05) is 0 Å². The molecule has 0 saturated carbocycles.